The normalized spacial score (nSPS) is 16.6. The summed E-state index contributed by atoms with van der Waals surface area (Å²) in [7, 11) is 0. The Bertz CT molecular complexity index is 393. The molecule has 0 aliphatic heterocycles. The Morgan fingerprint density at radius 3 is 2.88 bits per heavy atom. The lowest BCUT2D eigenvalue weighted by Gasteiger charge is -2.17. The molecule has 1 aromatic heterocycles. The Hall–Kier alpha value is -1.56. The zero-order chi connectivity index (χ0) is 12.3. The zero-order valence-corrected chi connectivity index (χ0v) is 9.94. The highest BCUT2D eigenvalue weighted by molar-refractivity contribution is 5.67. The Balaban J connectivity index is 2.11. The molecular weight excluding hydrogens is 220 g/mol. The van der Waals surface area contributed by atoms with Gasteiger partial charge >= 0.3 is 0 Å². The first-order valence-electron chi connectivity index (χ1n) is 5.83. The van der Waals surface area contributed by atoms with Crippen molar-refractivity contribution in [2.24, 2.45) is 0 Å². The number of anilines is 2. The largest absolute Gasteiger partial charge is 0.476 e. The summed E-state index contributed by atoms with van der Waals surface area (Å²) >= 11 is 0. The van der Waals surface area contributed by atoms with Crippen LogP contribution in [-0.4, -0.2) is 33.8 Å². The molecule has 1 saturated carbocycles. The van der Waals surface area contributed by atoms with Gasteiger partial charge in [-0.15, -0.1) is 0 Å². The van der Waals surface area contributed by atoms with Crippen LogP contribution in [0.2, 0.25) is 0 Å². The summed E-state index contributed by atoms with van der Waals surface area (Å²) in [5, 5.41) is 12.4. The second kappa shape index (κ2) is 4.75. The molecule has 1 aliphatic rings. The molecule has 1 aromatic rings. The fourth-order valence-electron chi connectivity index (χ4n) is 1.52. The van der Waals surface area contributed by atoms with Crippen molar-refractivity contribution >= 4 is 11.5 Å². The van der Waals surface area contributed by atoms with Crippen LogP contribution in [0, 0.1) is 0 Å². The number of ether oxygens (including phenoxy) is 1. The maximum Gasteiger partial charge on any atom is 0.242 e. The van der Waals surface area contributed by atoms with Gasteiger partial charge in [-0.05, 0) is 19.3 Å². The lowest BCUT2D eigenvalue weighted by Crippen LogP contribution is -2.27. The minimum atomic E-state index is -0.246. The Morgan fingerprint density at radius 1 is 1.53 bits per heavy atom. The molecule has 0 atom stereocenters. The highest BCUT2D eigenvalue weighted by Gasteiger charge is 2.42. The fourth-order valence-corrected chi connectivity index (χ4v) is 1.52. The summed E-state index contributed by atoms with van der Waals surface area (Å²) in [6.07, 6.45) is 4.17. The molecule has 0 radical (unpaired) electrons. The zero-order valence-electron chi connectivity index (χ0n) is 9.94. The maximum atomic E-state index is 9.24. The van der Waals surface area contributed by atoms with Crippen molar-refractivity contribution in [1.82, 2.24) is 9.97 Å². The fraction of sp³-hybridized carbons (Fsp3) is 0.636. The van der Waals surface area contributed by atoms with Gasteiger partial charge in [-0.3, -0.25) is 0 Å². The van der Waals surface area contributed by atoms with E-state index in [-0.39, 0.29) is 12.1 Å². The Kier molecular flexibility index (Phi) is 3.33. The number of nitrogens with zero attached hydrogens (tertiary/aromatic N) is 2. The quantitative estimate of drug-likeness (QED) is 0.678. The second-order valence-corrected chi connectivity index (χ2v) is 4.35. The molecule has 4 N–H and O–H groups in total. The predicted molar refractivity (Wildman–Crippen MR) is 64.9 cm³/mol. The number of aliphatic hydroxyl groups excluding tert-OH is 1. The molecule has 1 fully saturated rings. The molecule has 2 rings (SSSR count). The van der Waals surface area contributed by atoms with Gasteiger partial charge < -0.3 is 20.9 Å². The molecule has 0 aromatic carbocycles. The van der Waals surface area contributed by atoms with E-state index in [0.29, 0.717) is 24.0 Å². The molecule has 1 heterocycles. The van der Waals surface area contributed by atoms with Crippen LogP contribution in [0.1, 0.15) is 26.2 Å². The first-order chi connectivity index (χ1) is 8.21. The second-order valence-electron chi connectivity index (χ2n) is 4.35. The van der Waals surface area contributed by atoms with E-state index in [9.17, 15) is 5.11 Å². The molecular formula is C11H18N4O2. The number of nitrogens with two attached hydrogens (primary N) is 1. The monoisotopic (exact) mass is 238 g/mol. The average molecular weight is 238 g/mol. The van der Waals surface area contributed by atoms with Crippen molar-refractivity contribution in [3.8, 4) is 5.88 Å². The van der Waals surface area contributed by atoms with Crippen LogP contribution in [0.3, 0.4) is 0 Å². The summed E-state index contributed by atoms with van der Waals surface area (Å²) in [6.45, 7) is 2.68. The molecule has 6 nitrogen and oxygen atoms in total. The molecule has 1 aliphatic carbocycles. The number of aliphatic hydroxyl groups is 1. The van der Waals surface area contributed by atoms with Gasteiger partial charge in [-0.1, -0.05) is 6.92 Å². The van der Waals surface area contributed by atoms with E-state index in [0.717, 1.165) is 19.3 Å². The first kappa shape index (κ1) is 11.9. The number of rotatable bonds is 6. The van der Waals surface area contributed by atoms with Crippen LogP contribution < -0.4 is 15.8 Å². The smallest absolute Gasteiger partial charge is 0.242 e. The molecule has 94 valence electrons. The van der Waals surface area contributed by atoms with Crippen LogP contribution in [0.4, 0.5) is 11.5 Å². The number of hydrogen-bond acceptors (Lipinski definition) is 6. The van der Waals surface area contributed by atoms with Gasteiger partial charge in [0, 0.05) is 0 Å². The van der Waals surface area contributed by atoms with Crippen LogP contribution in [-0.2, 0) is 0 Å². The maximum absolute atomic E-state index is 9.24. The van der Waals surface area contributed by atoms with E-state index >= 15 is 0 Å². The van der Waals surface area contributed by atoms with Gasteiger partial charge in [0.25, 0.3) is 0 Å². The van der Waals surface area contributed by atoms with Gasteiger partial charge in [-0.25, -0.2) is 4.98 Å². The minimum absolute atomic E-state index is 0.0849. The summed E-state index contributed by atoms with van der Waals surface area (Å²) in [5.41, 5.74) is 6.08. The van der Waals surface area contributed by atoms with Crippen molar-refractivity contribution in [1.29, 1.82) is 0 Å². The first-order valence-corrected chi connectivity index (χ1v) is 5.83. The predicted octanol–water partition coefficient (Wildman–Crippen LogP) is 0.784. The summed E-state index contributed by atoms with van der Waals surface area (Å²) in [6, 6.07) is 0. The summed E-state index contributed by atoms with van der Waals surface area (Å²) in [5.74, 6) is 0.941. The van der Waals surface area contributed by atoms with Crippen LogP contribution >= 0.6 is 0 Å². The summed E-state index contributed by atoms with van der Waals surface area (Å²) < 4.78 is 5.42. The average Bonchev–Trinajstić information content (AvgIpc) is 3.11. The van der Waals surface area contributed by atoms with Crippen molar-refractivity contribution in [2.75, 3.05) is 24.3 Å². The molecule has 0 bridgehead atoms. The molecule has 0 spiro atoms. The molecule has 0 amide bonds. The topological polar surface area (TPSA) is 93.3 Å². The third-order valence-electron chi connectivity index (χ3n) is 2.83. The van der Waals surface area contributed by atoms with E-state index in [1.54, 1.807) is 0 Å². The third kappa shape index (κ3) is 2.58. The number of aromatic nitrogens is 2. The van der Waals surface area contributed by atoms with Crippen molar-refractivity contribution in [3.05, 3.63) is 6.33 Å². The highest BCUT2D eigenvalue weighted by atomic mass is 16.5. The SMILES string of the molecule is CCCOc1ncnc(NC2(CO)CC2)c1N. The van der Waals surface area contributed by atoms with Gasteiger partial charge in [0.05, 0.1) is 18.8 Å². The lowest BCUT2D eigenvalue weighted by molar-refractivity contribution is 0.266. The van der Waals surface area contributed by atoms with Gasteiger partial charge in [0.15, 0.2) is 5.82 Å². The van der Waals surface area contributed by atoms with Gasteiger partial charge in [-0.2, -0.15) is 4.98 Å². The van der Waals surface area contributed by atoms with E-state index < -0.39 is 0 Å². The van der Waals surface area contributed by atoms with Gasteiger partial charge in [0.2, 0.25) is 5.88 Å². The third-order valence-corrected chi connectivity index (χ3v) is 2.83. The molecule has 6 heteroatoms. The van der Waals surface area contributed by atoms with E-state index in [2.05, 4.69) is 15.3 Å². The van der Waals surface area contributed by atoms with Gasteiger partial charge in [0.1, 0.15) is 12.0 Å². The van der Waals surface area contributed by atoms with Crippen LogP contribution in [0.25, 0.3) is 0 Å². The van der Waals surface area contributed by atoms with Crippen molar-refractivity contribution in [2.45, 2.75) is 31.7 Å². The standard InChI is InChI=1S/C11H18N4O2/c1-2-5-17-10-8(12)9(13-7-14-10)15-11(6-16)3-4-11/h7,16H,2-6,12H2,1H3,(H,13,14,15). The van der Waals surface area contributed by atoms with E-state index in [1.165, 1.54) is 6.33 Å². The number of nitrogens with one attached hydrogen (secondary N) is 1. The molecule has 0 saturated heterocycles. The van der Waals surface area contributed by atoms with Crippen molar-refractivity contribution in [3.63, 3.8) is 0 Å². The van der Waals surface area contributed by atoms with Crippen LogP contribution in [0.15, 0.2) is 6.33 Å². The minimum Gasteiger partial charge on any atom is -0.476 e. The molecule has 0 unspecified atom stereocenters. The van der Waals surface area contributed by atoms with Crippen LogP contribution in [0.5, 0.6) is 5.88 Å². The highest BCUT2D eigenvalue weighted by Crippen LogP contribution is 2.39. The van der Waals surface area contributed by atoms with E-state index in [1.807, 2.05) is 6.92 Å². The number of nitrogen functional groups attached to an aromatic ring is 1. The Morgan fingerprint density at radius 2 is 2.29 bits per heavy atom. The number of hydrogen-bond donors (Lipinski definition) is 3. The lowest BCUT2D eigenvalue weighted by atomic mass is 10.3. The van der Waals surface area contributed by atoms with Crippen molar-refractivity contribution < 1.29 is 9.84 Å². The molecule has 17 heavy (non-hydrogen) atoms. The Labute approximate surface area is 100 Å². The van der Waals surface area contributed by atoms with E-state index in [4.69, 9.17) is 10.5 Å². The summed E-state index contributed by atoms with van der Waals surface area (Å²) in [4.78, 5) is 8.07.